The van der Waals surface area contributed by atoms with E-state index in [1.54, 1.807) is 0 Å². The minimum atomic E-state index is -0.564. The quantitative estimate of drug-likeness (QED) is 0.602. The molecule has 11 heavy (non-hydrogen) atoms. The predicted octanol–water partition coefficient (Wildman–Crippen LogP) is 0.434. The van der Waals surface area contributed by atoms with Crippen molar-refractivity contribution < 1.29 is 9.84 Å². The van der Waals surface area contributed by atoms with E-state index >= 15 is 0 Å². The first kappa shape index (κ1) is 8.97. The molecule has 0 aromatic carbocycles. The monoisotopic (exact) mass is 159 g/mol. The number of nitrogens with zero attached hydrogens (tertiary/aromatic N) is 1. The second kappa shape index (κ2) is 3.52. The molecular weight excluding hydrogens is 142 g/mol. The highest BCUT2D eigenvalue weighted by Crippen LogP contribution is 2.20. The fourth-order valence-corrected chi connectivity index (χ4v) is 1.51. The molecule has 3 heteroatoms. The van der Waals surface area contributed by atoms with Crippen LogP contribution in [0.25, 0.3) is 0 Å². The maximum Gasteiger partial charge on any atom is 0.156 e. The smallest absolute Gasteiger partial charge is 0.156 e. The average Bonchev–Trinajstić information content (AvgIpc) is 1.85. The molecule has 1 aliphatic heterocycles. The van der Waals surface area contributed by atoms with Gasteiger partial charge in [0, 0.05) is 12.5 Å². The fraction of sp³-hybridized carbons (Fsp3) is 1.00. The van der Waals surface area contributed by atoms with Gasteiger partial charge in [-0.1, -0.05) is 0 Å². The van der Waals surface area contributed by atoms with Crippen LogP contribution in [0, 0.1) is 0 Å². The van der Waals surface area contributed by atoms with Crippen molar-refractivity contribution >= 4 is 0 Å². The van der Waals surface area contributed by atoms with Crippen LogP contribution in [0.4, 0.5) is 0 Å². The molecule has 0 saturated carbocycles. The summed E-state index contributed by atoms with van der Waals surface area (Å²) in [5.74, 6) is 0. The number of ether oxygens (including phenoxy) is 1. The van der Waals surface area contributed by atoms with E-state index in [1.807, 2.05) is 21.0 Å². The Labute approximate surface area is 68.0 Å². The molecule has 0 spiro atoms. The summed E-state index contributed by atoms with van der Waals surface area (Å²) < 4.78 is 5.20. The Morgan fingerprint density at radius 3 is 2.45 bits per heavy atom. The zero-order valence-corrected chi connectivity index (χ0v) is 7.45. The SMILES string of the molecule is C[C@@H]1CC(N(C)C)C[C@H](O)O1. The Morgan fingerprint density at radius 1 is 1.36 bits per heavy atom. The maximum atomic E-state index is 9.25. The highest BCUT2D eigenvalue weighted by molar-refractivity contribution is 4.75. The van der Waals surface area contributed by atoms with Crippen LogP contribution in [0.3, 0.4) is 0 Å². The Hall–Kier alpha value is -0.120. The van der Waals surface area contributed by atoms with Crippen molar-refractivity contribution in [2.45, 2.75) is 38.2 Å². The Kier molecular flexibility index (Phi) is 2.87. The Morgan fingerprint density at radius 2 is 2.00 bits per heavy atom. The molecule has 0 radical (unpaired) electrons. The first-order valence-electron chi connectivity index (χ1n) is 4.09. The molecule has 1 rings (SSSR count). The van der Waals surface area contributed by atoms with Crippen molar-refractivity contribution in [2.24, 2.45) is 0 Å². The average molecular weight is 159 g/mol. The molecule has 0 bridgehead atoms. The van der Waals surface area contributed by atoms with E-state index in [0.717, 1.165) is 12.8 Å². The highest BCUT2D eigenvalue weighted by atomic mass is 16.6. The van der Waals surface area contributed by atoms with Gasteiger partial charge in [-0.05, 0) is 27.4 Å². The fourth-order valence-electron chi connectivity index (χ4n) is 1.51. The molecule has 0 aliphatic carbocycles. The Bertz CT molecular complexity index is 117. The second-order valence-electron chi connectivity index (χ2n) is 3.49. The van der Waals surface area contributed by atoms with Crippen LogP contribution in [0.15, 0.2) is 0 Å². The van der Waals surface area contributed by atoms with Crippen LogP contribution in [-0.4, -0.2) is 42.5 Å². The van der Waals surface area contributed by atoms with Gasteiger partial charge >= 0.3 is 0 Å². The summed E-state index contributed by atoms with van der Waals surface area (Å²) in [5.41, 5.74) is 0. The maximum absolute atomic E-state index is 9.25. The molecule has 1 saturated heterocycles. The normalized spacial score (nSPS) is 39.5. The van der Waals surface area contributed by atoms with E-state index in [0.29, 0.717) is 6.04 Å². The summed E-state index contributed by atoms with van der Waals surface area (Å²) in [5, 5.41) is 9.25. The third kappa shape index (κ3) is 2.43. The lowest BCUT2D eigenvalue weighted by atomic mass is 10.0. The third-order valence-electron chi connectivity index (χ3n) is 2.20. The van der Waals surface area contributed by atoms with Crippen molar-refractivity contribution in [3.05, 3.63) is 0 Å². The number of aliphatic hydroxyl groups is 1. The van der Waals surface area contributed by atoms with Gasteiger partial charge in [-0.3, -0.25) is 0 Å². The molecule has 3 atom stereocenters. The van der Waals surface area contributed by atoms with E-state index in [9.17, 15) is 5.11 Å². The number of hydrogen-bond acceptors (Lipinski definition) is 3. The highest BCUT2D eigenvalue weighted by Gasteiger charge is 2.26. The van der Waals surface area contributed by atoms with Gasteiger partial charge in [0.15, 0.2) is 6.29 Å². The van der Waals surface area contributed by atoms with E-state index < -0.39 is 6.29 Å². The first-order valence-corrected chi connectivity index (χ1v) is 4.09. The van der Waals surface area contributed by atoms with Crippen molar-refractivity contribution in [1.29, 1.82) is 0 Å². The van der Waals surface area contributed by atoms with Gasteiger partial charge in [-0.15, -0.1) is 0 Å². The summed E-state index contributed by atoms with van der Waals surface area (Å²) >= 11 is 0. The molecule has 0 aromatic rings. The molecule has 1 aliphatic rings. The van der Waals surface area contributed by atoms with Gasteiger partial charge in [0.25, 0.3) is 0 Å². The third-order valence-corrected chi connectivity index (χ3v) is 2.20. The van der Waals surface area contributed by atoms with E-state index in [1.165, 1.54) is 0 Å². The minimum absolute atomic E-state index is 0.186. The molecule has 0 amide bonds. The lowest BCUT2D eigenvalue weighted by Gasteiger charge is -2.34. The van der Waals surface area contributed by atoms with Gasteiger partial charge in [0.05, 0.1) is 6.10 Å². The number of aliphatic hydroxyl groups excluding tert-OH is 1. The van der Waals surface area contributed by atoms with Crippen LogP contribution in [0.5, 0.6) is 0 Å². The lowest BCUT2D eigenvalue weighted by Crippen LogP contribution is -2.41. The summed E-state index contributed by atoms with van der Waals surface area (Å²) in [7, 11) is 4.07. The van der Waals surface area contributed by atoms with Gasteiger partial charge in [0.1, 0.15) is 0 Å². The van der Waals surface area contributed by atoms with Crippen LogP contribution in [0.2, 0.25) is 0 Å². The second-order valence-corrected chi connectivity index (χ2v) is 3.49. The molecule has 1 unspecified atom stereocenters. The summed E-state index contributed by atoms with van der Waals surface area (Å²) in [4.78, 5) is 2.14. The van der Waals surface area contributed by atoms with Crippen LogP contribution in [-0.2, 0) is 4.74 Å². The van der Waals surface area contributed by atoms with E-state index in [2.05, 4.69) is 4.90 Å². The number of rotatable bonds is 1. The Balaban J connectivity index is 2.43. The molecule has 66 valence electrons. The van der Waals surface area contributed by atoms with Gasteiger partial charge in [-0.25, -0.2) is 0 Å². The molecular formula is C8H17NO2. The molecule has 1 fully saturated rings. The van der Waals surface area contributed by atoms with Crippen molar-refractivity contribution in [2.75, 3.05) is 14.1 Å². The van der Waals surface area contributed by atoms with Gasteiger partial charge in [0.2, 0.25) is 0 Å². The largest absolute Gasteiger partial charge is 0.368 e. The standard InChI is InChI=1S/C8H17NO2/c1-6-4-7(9(2)3)5-8(10)11-6/h6-8,10H,4-5H2,1-3H3/t6-,7?,8-/m1/s1. The van der Waals surface area contributed by atoms with Gasteiger partial charge < -0.3 is 14.7 Å². The number of hydrogen-bond donors (Lipinski definition) is 1. The molecule has 0 aromatic heterocycles. The lowest BCUT2D eigenvalue weighted by molar-refractivity contribution is -0.172. The molecule has 3 nitrogen and oxygen atoms in total. The van der Waals surface area contributed by atoms with Crippen molar-refractivity contribution in [1.82, 2.24) is 4.90 Å². The van der Waals surface area contributed by atoms with Crippen LogP contribution in [0.1, 0.15) is 19.8 Å². The summed E-state index contributed by atoms with van der Waals surface area (Å²) in [6.45, 7) is 2.00. The van der Waals surface area contributed by atoms with Crippen molar-refractivity contribution in [3.8, 4) is 0 Å². The zero-order valence-electron chi connectivity index (χ0n) is 7.45. The predicted molar refractivity (Wildman–Crippen MR) is 43.3 cm³/mol. The van der Waals surface area contributed by atoms with Gasteiger partial charge in [-0.2, -0.15) is 0 Å². The van der Waals surface area contributed by atoms with E-state index in [4.69, 9.17) is 4.74 Å². The topological polar surface area (TPSA) is 32.7 Å². The van der Waals surface area contributed by atoms with Crippen molar-refractivity contribution in [3.63, 3.8) is 0 Å². The molecule has 1 N–H and O–H groups in total. The van der Waals surface area contributed by atoms with E-state index in [-0.39, 0.29) is 6.10 Å². The molecule has 1 heterocycles. The zero-order chi connectivity index (χ0) is 8.43. The first-order chi connectivity index (χ1) is 5.09. The van der Waals surface area contributed by atoms with Crippen LogP contribution >= 0.6 is 0 Å². The summed E-state index contributed by atoms with van der Waals surface area (Å²) in [6, 6.07) is 0.466. The summed E-state index contributed by atoms with van der Waals surface area (Å²) in [6.07, 6.45) is 1.37. The van der Waals surface area contributed by atoms with Crippen LogP contribution < -0.4 is 0 Å². The minimum Gasteiger partial charge on any atom is -0.368 e.